The van der Waals surface area contributed by atoms with Gasteiger partial charge < -0.3 is 4.90 Å². The van der Waals surface area contributed by atoms with Crippen LogP contribution in [0.15, 0.2) is 256 Å². The molecule has 3 heteroatoms. The van der Waals surface area contributed by atoms with Gasteiger partial charge in [0.25, 0.3) is 0 Å². The third-order valence-corrected chi connectivity index (χ3v) is 16.7. The molecule has 10 aromatic rings. The molecular formula is C62H39NS2. The maximum absolute atomic E-state index is 2.59. The minimum Gasteiger partial charge on any atom is -0.309 e. The van der Waals surface area contributed by atoms with Crippen molar-refractivity contribution in [2.75, 3.05) is 4.90 Å². The van der Waals surface area contributed by atoms with E-state index in [1.54, 1.807) is 0 Å². The van der Waals surface area contributed by atoms with Crippen LogP contribution in [0.25, 0.3) is 33.4 Å². The highest BCUT2D eigenvalue weighted by Crippen LogP contribution is 2.67. The van der Waals surface area contributed by atoms with Crippen molar-refractivity contribution < 1.29 is 0 Å². The summed E-state index contributed by atoms with van der Waals surface area (Å²) in [6.07, 6.45) is 0. The first kappa shape index (κ1) is 37.1. The zero-order valence-electron chi connectivity index (χ0n) is 35.3. The molecule has 0 bridgehead atoms. The summed E-state index contributed by atoms with van der Waals surface area (Å²) in [5.74, 6) is 0. The van der Waals surface area contributed by atoms with Crippen LogP contribution in [0.2, 0.25) is 0 Å². The second-order valence-corrected chi connectivity index (χ2v) is 19.6. The quantitative estimate of drug-likeness (QED) is 0.174. The standard InChI is InChI=1S/C62H39NS2/c1-2-18-40(19-3-1)41-36-38-42(39-37-41)63(53-30-16-28-51-59(53)43-20-4-6-22-45(43)61(51)47-24-8-12-32-55(47)64-56-33-13-9-25-48(56)61)54-31-17-29-52-60(54)44-21-5-7-23-46(44)62(52)49-26-10-14-34-57(49)65-58-35-15-11-27-50(58)62/h1-39H. The van der Waals surface area contributed by atoms with E-state index in [0.29, 0.717) is 0 Å². The van der Waals surface area contributed by atoms with Gasteiger partial charge in [0.2, 0.25) is 0 Å². The lowest BCUT2D eigenvalue weighted by molar-refractivity contribution is 0.722. The average Bonchev–Trinajstić information content (AvgIpc) is 3.84. The van der Waals surface area contributed by atoms with Crippen LogP contribution in [0.3, 0.4) is 0 Å². The van der Waals surface area contributed by atoms with E-state index in [9.17, 15) is 0 Å². The van der Waals surface area contributed by atoms with Gasteiger partial charge >= 0.3 is 0 Å². The van der Waals surface area contributed by atoms with Crippen LogP contribution >= 0.6 is 23.5 Å². The number of hydrogen-bond acceptors (Lipinski definition) is 3. The van der Waals surface area contributed by atoms with E-state index in [0.717, 1.165) is 5.69 Å². The molecule has 0 unspecified atom stereocenters. The van der Waals surface area contributed by atoms with E-state index >= 15 is 0 Å². The van der Waals surface area contributed by atoms with E-state index < -0.39 is 10.8 Å². The first-order chi connectivity index (χ1) is 32.3. The molecule has 0 amide bonds. The number of nitrogens with zero attached hydrogens (tertiary/aromatic N) is 1. The molecule has 0 saturated carbocycles. The van der Waals surface area contributed by atoms with Crippen LogP contribution in [-0.4, -0.2) is 0 Å². The van der Waals surface area contributed by atoms with Crippen LogP contribution < -0.4 is 4.90 Å². The number of benzene rings is 10. The molecular weight excluding hydrogens is 823 g/mol. The summed E-state index contributed by atoms with van der Waals surface area (Å²) in [5.41, 5.74) is 20.6. The molecule has 304 valence electrons. The molecule has 65 heavy (non-hydrogen) atoms. The molecule has 2 heterocycles. The van der Waals surface area contributed by atoms with Gasteiger partial charge in [-0.25, -0.2) is 0 Å². The zero-order chi connectivity index (χ0) is 42.7. The lowest BCUT2D eigenvalue weighted by Gasteiger charge is -2.40. The van der Waals surface area contributed by atoms with Gasteiger partial charge in [-0.05, 0) is 115 Å². The van der Waals surface area contributed by atoms with Gasteiger partial charge in [-0.1, -0.05) is 212 Å². The fraction of sp³-hybridized carbons (Fsp3) is 0.0323. The first-order valence-electron chi connectivity index (χ1n) is 22.4. The first-order valence-corrected chi connectivity index (χ1v) is 24.1. The Labute approximate surface area is 388 Å². The molecule has 0 N–H and O–H groups in total. The van der Waals surface area contributed by atoms with Gasteiger partial charge in [0.15, 0.2) is 0 Å². The van der Waals surface area contributed by atoms with Gasteiger partial charge in [-0.3, -0.25) is 0 Å². The van der Waals surface area contributed by atoms with Gasteiger partial charge in [-0.2, -0.15) is 0 Å². The average molecular weight is 862 g/mol. The van der Waals surface area contributed by atoms with E-state index in [-0.39, 0.29) is 0 Å². The van der Waals surface area contributed by atoms with Crippen molar-refractivity contribution in [2.24, 2.45) is 0 Å². The van der Waals surface area contributed by atoms with Crippen LogP contribution in [-0.2, 0) is 10.8 Å². The van der Waals surface area contributed by atoms with Crippen LogP contribution in [0, 0.1) is 0 Å². The number of hydrogen-bond donors (Lipinski definition) is 0. The molecule has 0 saturated heterocycles. The van der Waals surface area contributed by atoms with Crippen molar-refractivity contribution in [1.82, 2.24) is 0 Å². The van der Waals surface area contributed by atoms with Gasteiger partial charge in [0.05, 0.1) is 22.2 Å². The Balaban J connectivity index is 1.09. The van der Waals surface area contributed by atoms with Gasteiger partial charge in [0, 0.05) is 36.4 Å². The Morgan fingerprint density at radius 2 is 0.600 bits per heavy atom. The molecule has 1 nitrogen and oxygen atoms in total. The monoisotopic (exact) mass is 861 g/mol. The summed E-state index contributed by atoms with van der Waals surface area (Å²) >= 11 is 3.78. The molecule has 0 radical (unpaired) electrons. The molecule has 2 spiro atoms. The topological polar surface area (TPSA) is 3.24 Å². The Hall–Kier alpha value is -7.30. The number of anilines is 3. The van der Waals surface area contributed by atoms with E-state index in [1.807, 2.05) is 23.5 Å². The van der Waals surface area contributed by atoms with Crippen LogP contribution in [0.5, 0.6) is 0 Å². The summed E-state index contributed by atoms with van der Waals surface area (Å²) < 4.78 is 0. The molecule has 2 aliphatic carbocycles. The molecule has 2 aliphatic heterocycles. The predicted molar refractivity (Wildman–Crippen MR) is 269 cm³/mol. The van der Waals surface area contributed by atoms with E-state index in [4.69, 9.17) is 0 Å². The van der Waals surface area contributed by atoms with E-state index in [2.05, 4.69) is 241 Å². The maximum atomic E-state index is 2.59. The SMILES string of the molecule is c1ccc(-c2ccc(N(c3cccc4c3-c3ccccc3C43c4ccccc4Sc4ccccc43)c3cccc4c3-c3ccccc3C43c4ccccc4Sc4ccccc43)cc2)cc1. The van der Waals surface area contributed by atoms with Crippen molar-refractivity contribution in [3.05, 3.63) is 281 Å². The fourth-order valence-corrected chi connectivity index (χ4v) is 14.4. The highest BCUT2D eigenvalue weighted by molar-refractivity contribution is 7.99. The third kappa shape index (κ3) is 4.97. The lowest BCUT2D eigenvalue weighted by atomic mass is 9.67. The highest BCUT2D eigenvalue weighted by Gasteiger charge is 2.53. The Kier molecular flexibility index (Phi) is 8.05. The maximum Gasteiger partial charge on any atom is 0.0736 e. The van der Waals surface area contributed by atoms with Crippen LogP contribution in [0.4, 0.5) is 17.1 Å². The molecule has 0 fully saturated rings. The molecule has 0 aromatic heterocycles. The Morgan fingerprint density at radius 3 is 1.03 bits per heavy atom. The minimum atomic E-state index is -0.494. The minimum absolute atomic E-state index is 0.494. The smallest absolute Gasteiger partial charge is 0.0736 e. The largest absolute Gasteiger partial charge is 0.309 e. The summed E-state index contributed by atoms with van der Waals surface area (Å²) in [6.45, 7) is 0. The third-order valence-electron chi connectivity index (χ3n) is 14.4. The molecule has 4 aliphatic rings. The van der Waals surface area contributed by atoms with E-state index in [1.165, 1.54) is 109 Å². The zero-order valence-corrected chi connectivity index (χ0v) is 36.9. The molecule has 0 atom stereocenters. The van der Waals surface area contributed by atoms with Crippen molar-refractivity contribution in [3.8, 4) is 33.4 Å². The molecule has 10 aromatic carbocycles. The summed E-state index contributed by atoms with van der Waals surface area (Å²) in [6, 6.07) is 88.9. The fourth-order valence-electron chi connectivity index (χ4n) is 12.0. The molecule has 14 rings (SSSR count). The Bertz CT molecular complexity index is 3280. The van der Waals surface area contributed by atoms with Crippen molar-refractivity contribution >= 4 is 40.6 Å². The van der Waals surface area contributed by atoms with Gasteiger partial charge in [-0.15, -0.1) is 0 Å². The predicted octanol–water partition coefficient (Wildman–Crippen LogP) is 16.5. The normalized spacial score (nSPS) is 14.6. The number of rotatable bonds is 4. The number of fused-ring (bicyclic) bond motifs is 18. The van der Waals surface area contributed by atoms with Crippen molar-refractivity contribution in [3.63, 3.8) is 0 Å². The summed E-state index contributed by atoms with van der Waals surface area (Å²) in [4.78, 5) is 7.81. The highest BCUT2D eigenvalue weighted by atomic mass is 32.2. The summed E-state index contributed by atoms with van der Waals surface area (Å²) in [5, 5.41) is 0. The van der Waals surface area contributed by atoms with Crippen molar-refractivity contribution in [2.45, 2.75) is 30.4 Å². The van der Waals surface area contributed by atoms with Crippen molar-refractivity contribution in [1.29, 1.82) is 0 Å². The van der Waals surface area contributed by atoms with Gasteiger partial charge in [0.1, 0.15) is 0 Å². The second-order valence-electron chi connectivity index (χ2n) is 17.4. The van der Waals surface area contributed by atoms with Crippen LogP contribution in [0.1, 0.15) is 44.5 Å². The Morgan fingerprint density at radius 1 is 0.262 bits per heavy atom. The second kappa shape index (κ2) is 14.1. The summed E-state index contributed by atoms with van der Waals surface area (Å²) in [7, 11) is 0. The lowest BCUT2D eigenvalue weighted by Crippen LogP contribution is -2.32.